The molecule has 0 saturated heterocycles. The SMILES string of the molecule is O=C(OCc1ccc2cccc3c2c1C=CC3)Oc1ccc2cccc3c2c1C=CC3. The highest BCUT2D eigenvalue weighted by molar-refractivity contribution is 5.98. The van der Waals surface area contributed by atoms with E-state index in [4.69, 9.17) is 9.47 Å². The van der Waals surface area contributed by atoms with Gasteiger partial charge in [-0.25, -0.2) is 4.79 Å². The van der Waals surface area contributed by atoms with Crippen molar-refractivity contribution < 1.29 is 14.3 Å². The monoisotopic (exact) mass is 404 g/mol. The summed E-state index contributed by atoms with van der Waals surface area (Å²) in [6.07, 6.45) is 9.53. The minimum Gasteiger partial charge on any atom is -0.429 e. The molecule has 0 atom stereocenters. The normalized spacial score (nSPS) is 13.5. The third-order valence-electron chi connectivity index (χ3n) is 6.18. The van der Waals surface area contributed by atoms with E-state index in [0.29, 0.717) is 5.75 Å². The maximum Gasteiger partial charge on any atom is 0.514 e. The summed E-state index contributed by atoms with van der Waals surface area (Å²) in [4.78, 5) is 12.6. The van der Waals surface area contributed by atoms with Crippen LogP contribution in [0.15, 0.2) is 72.8 Å². The van der Waals surface area contributed by atoms with E-state index in [1.807, 2.05) is 24.3 Å². The molecular formula is C28H20O3. The van der Waals surface area contributed by atoms with E-state index in [0.717, 1.165) is 40.3 Å². The van der Waals surface area contributed by atoms with E-state index in [-0.39, 0.29) is 6.61 Å². The Balaban J connectivity index is 1.26. The highest BCUT2D eigenvalue weighted by Crippen LogP contribution is 2.35. The Morgan fingerprint density at radius 1 is 0.742 bits per heavy atom. The van der Waals surface area contributed by atoms with Gasteiger partial charge in [0.1, 0.15) is 12.4 Å². The zero-order valence-corrected chi connectivity index (χ0v) is 16.9. The molecule has 3 nitrogen and oxygen atoms in total. The predicted octanol–water partition coefficient (Wildman–Crippen LogP) is 6.85. The summed E-state index contributed by atoms with van der Waals surface area (Å²) in [5.74, 6) is 0.530. The summed E-state index contributed by atoms with van der Waals surface area (Å²) < 4.78 is 11.2. The van der Waals surface area contributed by atoms with Gasteiger partial charge in [-0.15, -0.1) is 0 Å². The second-order valence-electron chi connectivity index (χ2n) is 8.00. The van der Waals surface area contributed by atoms with Gasteiger partial charge >= 0.3 is 6.16 Å². The van der Waals surface area contributed by atoms with Crippen molar-refractivity contribution in [3.63, 3.8) is 0 Å². The van der Waals surface area contributed by atoms with Crippen molar-refractivity contribution in [2.45, 2.75) is 19.4 Å². The molecule has 3 heteroatoms. The van der Waals surface area contributed by atoms with Gasteiger partial charge in [0, 0.05) is 5.56 Å². The van der Waals surface area contributed by atoms with E-state index in [9.17, 15) is 4.79 Å². The molecule has 0 unspecified atom stereocenters. The summed E-state index contributed by atoms with van der Waals surface area (Å²) in [6, 6.07) is 20.6. The average Bonchev–Trinajstić information content (AvgIpc) is 2.81. The molecule has 0 aromatic heterocycles. The fourth-order valence-corrected chi connectivity index (χ4v) is 4.77. The molecule has 31 heavy (non-hydrogen) atoms. The van der Waals surface area contributed by atoms with Gasteiger partial charge in [-0.1, -0.05) is 78.9 Å². The van der Waals surface area contributed by atoms with Crippen LogP contribution in [0, 0.1) is 0 Å². The van der Waals surface area contributed by atoms with E-state index < -0.39 is 6.16 Å². The molecular weight excluding hydrogens is 384 g/mol. The lowest BCUT2D eigenvalue weighted by molar-refractivity contribution is 0.0927. The van der Waals surface area contributed by atoms with Crippen molar-refractivity contribution >= 4 is 39.9 Å². The molecule has 0 amide bonds. The van der Waals surface area contributed by atoms with Crippen molar-refractivity contribution in [3.8, 4) is 5.75 Å². The van der Waals surface area contributed by atoms with Crippen LogP contribution < -0.4 is 4.74 Å². The molecule has 0 saturated carbocycles. The average molecular weight is 404 g/mol. The topological polar surface area (TPSA) is 35.5 Å². The first-order valence-corrected chi connectivity index (χ1v) is 10.5. The van der Waals surface area contributed by atoms with Gasteiger partial charge in [-0.2, -0.15) is 0 Å². The molecule has 150 valence electrons. The molecule has 0 bridgehead atoms. The molecule has 6 rings (SSSR count). The number of hydrogen-bond acceptors (Lipinski definition) is 3. The van der Waals surface area contributed by atoms with E-state index >= 15 is 0 Å². The number of ether oxygens (including phenoxy) is 2. The predicted molar refractivity (Wildman–Crippen MR) is 124 cm³/mol. The fourth-order valence-electron chi connectivity index (χ4n) is 4.77. The first-order valence-electron chi connectivity index (χ1n) is 10.5. The van der Waals surface area contributed by atoms with Crippen LogP contribution in [0.3, 0.4) is 0 Å². The smallest absolute Gasteiger partial charge is 0.429 e. The molecule has 2 aliphatic rings. The van der Waals surface area contributed by atoms with E-state index in [1.54, 1.807) is 0 Å². The van der Waals surface area contributed by atoms with Crippen LogP contribution in [-0.2, 0) is 24.2 Å². The maximum atomic E-state index is 12.6. The minimum absolute atomic E-state index is 0.173. The maximum absolute atomic E-state index is 12.6. The lowest BCUT2D eigenvalue weighted by atomic mass is 9.90. The molecule has 0 heterocycles. The Labute approximate surface area is 180 Å². The Morgan fingerprint density at radius 3 is 2.13 bits per heavy atom. The number of rotatable bonds is 3. The van der Waals surface area contributed by atoms with E-state index in [2.05, 4.69) is 60.7 Å². The standard InChI is InChI=1S/C28H20O3/c29-28(31-25-16-15-21-8-2-6-19-10-4-12-24(25)27(19)21)30-17-22-14-13-20-7-1-5-18-9-3-11-23(22)26(18)20/h1-8,11-16H,9-10,17H2. The van der Waals surface area contributed by atoms with Crippen LogP contribution in [0.1, 0.15) is 27.8 Å². The van der Waals surface area contributed by atoms with E-state index in [1.165, 1.54) is 21.9 Å². The van der Waals surface area contributed by atoms with Gasteiger partial charge < -0.3 is 9.47 Å². The molecule has 0 spiro atoms. The number of carbonyl (C=O) groups excluding carboxylic acids is 1. The molecule has 0 radical (unpaired) electrons. The lowest BCUT2D eigenvalue weighted by Gasteiger charge is -2.17. The highest BCUT2D eigenvalue weighted by Gasteiger charge is 2.17. The van der Waals surface area contributed by atoms with Crippen molar-refractivity contribution in [1.82, 2.24) is 0 Å². The zero-order valence-electron chi connectivity index (χ0n) is 16.9. The third-order valence-corrected chi connectivity index (χ3v) is 6.18. The van der Waals surface area contributed by atoms with Gasteiger partial charge in [0.25, 0.3) is 0 Å². The quantitative estimate of drug-likeness (QED) is 0.277. The number of hydrogen-bond donors (Lipinski definition) is 0. The van der Waals surface area contributed by atoms with Crippen molar-refractivity contribution in [2.75, 3.05) is 0 Å². The summed E-state index contributed by atoms with van der Waals surface area (Å²) in [5.41, 5.74) is 5.59. The Morgan fingerprint density at radius 2 is 1.39 bits per heavy atom. The molecule has 4 aromatic rings. The van der Waals surface area contributed by atoms with Gasteiger partial charge in [-0.05, 0) is 62.7 Å². The van der Waals surface area contributed by atoms with Crippen LogP contribution in [-0.4, -0.2) is 6.16 Å². The second kappa shape index (κ2) is 7.13. The Hall–Kier alpha value is -3.85. The van der Waals surface area contributed by atoms with Crippen LogP contribution in [0.5, 0.6) is 5.75 Å². The highest BCUT2D eigenvalue weighted by atomic mass is 16.7. The first-order chi connectivity index (χ1) is 15.3. The summed E-state index contributed by atoms with van der Waals surface area (Å²) >= 11 is 0. The van der Waals surface area contributed by atoms with Crippen LogP contribution in [0.25, 0.3) is 33.7 Å². The molecule has 2 aliphatic carbocycles. The van der Waals surface area contributed by atoms with Gasteiger partial charge in [0.05, 0.1) is 0 Å². The Kier molecular flexibility index (Phi) is 4.13. The van der Waals surface area contributed by atoms with Crippen LogP contribution in [0.4, 0.5) is 4.79 Å². The van der Waals surface area contributed by atoms with Crippen LogP contribution >= 0.6 is 0 Å². The third kappa shape index (κ3) is 3.01. The molecule has 4 aromatic carbocycles. The first kappa shape index (κ1) is 18.0. The Bertz CT molecular complexity index is 1430. The minimum atomic E-state index is -0.688. The molecule has 0 aliphatic heterocycles. The second-order valence-corrected chi connectivity index (χ2v) is 8.00. The van der Waals surface area contributed by atoms with Crippen LogP contribution in [0.2, 0.25) is 0 Å². The van der Waals surface area contributed by atoms with Crippen molar-refractivity contribution in [3.05, 3.63) is 101 Å². The fraction of sp³-hybridized carbons (Fsp3) is 0.107. The van der Waals surface area contributed by atoms with Gasteiger partial charge in [-0.3, -0.25) is 0 Å². The summed E-state index contributed by atoms with van der Waals surface area (Å²) in [5, 5.41) is 4.75. The molecule has 0 N–H and O–H groups in total. The van der Waals surface area contributed by atoms with Crippen molar-refractivity contribution in [1.29, 1.82) is 0 Å². The number of benzene rings is 4. The lowest BCUT2D eigenvalue weighted by Crippen LogP contribution is -2.12. The zero-order chi connectivity index (χ0) is 20.8. The number of carbonyl (C=O) groups is 1. The van der Waals surface area contributed by atoms with Gasteiger partial charge in [0.15, 0.2) is 0 Å². The van der Waals surface area contributed by atoms with Crippen molar-refractivity contribution in [2.24, 2.45) is 0 Å². The summed E-state index contributed by atoms with van der Waals surface area (Å²) in [7, 11) is 0. The summed E-state index contributed by atoms with van der Waals surface area (Å²) in [6.45, 7) is 0.173. The number of allylic oxidation sites excluding steroid dienone is 2. The molecule has 0 fully saturated rings. The van der Waals surface area contributed by atoms with Gasteiger partial charge in [0.2, 0.25) is 0 Å². The largest absolute Gasteiger partial charge is 0.514 e.